The Balaban J connectivity index is 2.15. The maximum Gasteiger partial charge on any atom is 0.346 e. The van der Waals surface area contributed by atoms with Crippen molar-refractivity contribution in [1.29, 1.82) is 0 Å². The van der Waals surface area contributed by atoms with Gasteiger partial charge in [0.15, 0.2) is 0 Å². The number of carbonyl (C=O) groups is 1. The summed E-state index contributed by atoms with van der Waals surface area (Å²) >= 11 is 0.814. The van der Waals surface area contributed by atoms with Crippen molar-refractivity contribution in [2.75, 3.05) is 6.54 Å². The third-order valence-electron chi connectivity index (χ3n) is 4.41. The van der Waals surface area contributed by atoms with Crippen molar-refractivity contribution in [3.8, 4) is 0 Å². The molecule has 1 heterocycles. The molecular formula is C14H21NO4S2. The van der Waals surface area contributed by atoms with Gasteiger partial charge in [0.2, 0.25) is 10.0 Å². The van der Waals surface area contributed by atoms with Crippen molar-refractivity contribution in [2.45, 2.75) is 50.2 Å². The van der Waals surface area contributed by atoms with Crippen LogP contribution < -0.4 is 4.72 Å². The van der Waals surface area contributed by atoms with Gasteiger partial charge in [-0.25, -0.2) is 17.9 Å². The molecule has 21 heavy (non-hydrogen) atoms. The van der Waals surface area contributed by atoms with Crippen LogP contribution in [0.3, 0.4) is 0 Å². The summed E-state index contributed by atoms with van der Waals surface area (Å²) in [5, 5.41) is 9.02. The zero-order valence-electron chi connectivity index (χ0n) is 12.3. The molecule has 2 N–H and O–H groups in total. The number of hydrogen-bond acceptors (Lipinski definition) is 4. The van der Waals surface area contributed by atoms with Crippen LogP contribution >= 0.6 is 11.3 Å². The number of sulfonamides is 1. The van der Waals surface area contributed by atoms with E-state index in [1.165, 1.54) is 6.07 Å². The summed E-state index contributed by atoms with van der Waals surface area (Å²) in [6.07, 6.45) is 5.36. The van der Waals surface area contributed by atoms with E-state index in [4.69, 9.17) is 5.11 Å². The molecule has 7 heteroatoms. The molecule has 118 valence electrons. The van der Waals surface area contributed by atoms with Crippen LogP contribution in [0.5, 0.6) is 0 Å². The van der Waals surface area contributed by atoms with E-state index in [0.29, 0.717) is 12.1 Å². The average molecular weight is 331 g/mol. The second kappa shape index (κ2) is 6.06. The minimum absolute atomic E-state index is 0.0645. The fourth-order valence-corrected chi connectivity index (χ4v) is 5.48. The standard InChI is InChI=1S/C14H21NO4S2/c1-3-14(6-4-5-7-14)9-15-21(18,19)11-8-10(2)12(20-11)13(16)17/h8,15H,3-7,9H2,1-2H3,(H,16,17). The van der Waals surface area contributed by atoms with Crippen LogP contribution in [0.1, 0.15) is 54.3 Å². The van der Waals surface area contributed by atoms with E-state index in [2.05, 4.69) is 11.6 Å². The lowest BCUT2D eigenvalue weighted by Crippen LogP contribution is -2.35. The molecule has 1 saturated carbocycles. The van der Waals surface area contributed by atoms with Crippen LogP contribution in [-0.4, -0.2) is 26.0 Å². The minimum atomic E-state index is -3.63. The fourth-order valence-electron chi connectivity index (χ4n) is 2.90. The van der Waals surface area contributed by atoms with Gasteiger partial charge in [0.25, 0.3) is 0 Å². The topological polar surface area (TPSA) is 83.5 Å². The Morgan fingerprint density at radius 3 is 2.52 bits per heavy atom. The number of aromatic carboxylic acids is 1. The quantitative estimate of drug-likeness (QED) is 0.839. The monoisotopic (exact) mass is 331 g/mol. The summed E-state index contributed by atoms with van der Waals surface area (Å²) in [7, 11) is -3.63. The number of nitrogens with one attached hydrogen (secondary N) is 1. The van der Waals surface area contributed by atoms with Crippen molar-refractivity contribution in [3.63, 3.8) is 0 Å². The molecular weight excluding hydrogens is 310 g/mol. The molecule has 5 nitrogen and oxygen atoms in total. The van der Waals surface area contributed by atoms with Crippen LogP contribution in [0, 0.1) is 12.3 Å². The number of hydrogen-bond donors (Lipinski definition) is 2. The second-order valence-corrected chi connectivity index (χ2v) is 8.81. The van der Waals surface area contributed by atoms with Crippen LogP contribution in [0.25, 0.3) is 0 Å². The van der Waals surface area contributed by atoms with Crippen LogP contribution in [-0.2, 0) is 10.0 Å². The molecule has 0 radical (unpaired) electrons. The third-order valence-corrected chi connectivity index (χ3v) is 7.51. The maximum absolute atomic E-state index is 12.3. The molecule has 1 aliphatic rings. The van der Waals surface area contributed by atoms with Crippen molar-refractivity contribution in [3.05, 3.63) is 16.5 Å². The largest absolute Gasteiger partial charge is 0.477 e. The van der Waals surface area contributed by atoms with E-state index < -0.39 is 16.0 Å². The Hall–Kier alpha value is -0.920. The Kier molecular flexibility index (Phi) is 4.75. The zero-order chi connectivity index (χ0) is 15.7. The SMILES string of the molecule is CCC1(CNS(=O)(=O)c2cc(C)c(C(=O)O)s2)CCCC1. The van der Waals surface area contributed by atoms with Gasteiger partial charge in [-0.2, -0.15) is 0 Å². The van der Waals surface area contributed by atoms with E-state index in [9.17, 15) is 13.2 Å². The smallest absolute Gasteiger partial charge is 0.346 e. The summed E-state index contributed by atoms with van der Waals surface area (Å²) in [4.78, 5) is 11.1. The molecule has 1 aromatic rings. The van der Waals surface area contributed by atoms with E-state index in [-0.39, 0.29) is 14.5 Å². The highest BCUT2D eigenvalue weighted by atomic mass is 32.2. The molecule has 0 bridgehead atoms. The maximum atomic E-state index is 12.3. The molecule has 2 rings (SSSR count). The van der Waals surface area contributed by atoms with Gasteiger partial charge in [0.05, 0.1) is 0 Å². The lowest BCUT2D eigenvalue weighted by molar-refractivity contribution is 0.0701. The van der Waals surface area contributed by atoms with Gasteiger partial charge in [-0.1, -0.05) is 19.8 Å². The van der Waals surface area contributed by atoms with Crippen molar-refractivity contribution in [1.82, 2.24) is 4.72 Å². The summed E-state index contributed by atoms with van der Waals surface area (Å²) in [6.45, 7) is 4.14. The molecule has 1 fully saturated rings. The van der Waals surface area contributed by atoms with Crippen LogP contribution in [0.2, 0.25) is 0 Å². The number of carboxylic acids is 1. The first-order valence-corrected chi connectivity index (χ1v) is 9.43. The Morgan fingerprint density at radius 1 is 1.43 bits per heavy atom. The molecule has 0 saturated heterocycles. The van der Waals surface area contributed by atoms with Gasteiger partial charge in [-0.3, -0.25) is 0 Å². The first-order valence-electron chi connectivity index (χ1n) is 7.13. The molecule has 0 amide bonds. The number of thiophene rings is 1. The summed E-state index contributed by atoms with van der Waals surface area (Å²) in [5.74, 6) is -1.08. The fraction of sp³-hybridized carbons (Fsp3) is 0.643. The molecule has 0 atom stereocenters. The lowest BCUT2D eigenvalue weighted by Gasteiger charge is -2.27. The predicted molar refractivity (Wildman–Crippen MR) is 82.4 cm³/mol. The zero-order valence-corrected chi connectivity index (χ0v) is 13.9. The van der Waals surface area contributed by atoms with Crippen molar-refractivity contribution >= 4 is 27.3 Å². The normalized spacial score (nSPS) is 18.0. The number of aryl methyl sites for hydroxylation is 1. The molecule has 0 aliphatic heterocycles. The Labute approximate surface area is 129 Å². The van der Waals surface area contributed by atoms with Gasteiger partial charge in [0, 0.05) is 6.54 Å². The van der Waals surface area contributed by atoms with E-state index in [0.717, 1.165) is 43.4 Å². The summed E-state index contributed by atoms with van der Waals surface area (Å²) in [6, 6.07) is 1.43. The van der Waals surface area contributed by atoms with Crippen molar-refractivity contribution in [2.24, 2.45) is 5.41 Å². The molecule has 1 aromatic heterocycles. The van der Waals surface area contributed by atoms with Crippen molar-refractivity contribution < 1.29 is 18.3 Å². The highest BCUT2D eigenvalue weighted by molar-refractivity contribution is 7.91. The average Bonchev–Trinajstić information content (AvgIpc) is 3.04. The van der Waals surface area contributed by atoms with E-state index in [1.807, 2.05) is 0 Å². The summed E-state index contributed by atoms with van der Waals surface area (Å²) in [5.41, 5.74) is 0.550. The Morgan fingerprint density at radius 2 is 2.05 bits per heavy atom. The van der Waals surface area contributed by atoms with Gasteiger partial charge in [-0.15, -0.1) is 11.3 Å². The molecule has 1 aliphatic carbocycles. The highest BCUT2D eigenvalue weighted by Crippen LogP contribution is 2.40. The predicted octanol–water partition coefficient (Wildman–Crippen LogP) is 3.00. The number of carboxylic acid groups (broad SMARTS) is 1. The highest BCUT2D eigenvalue weighted by Gasteiger charge is 2.33. The first kappa shape index (κ1) is 16.5. The Bertz CT molecular complexity index is 627. The van der Waals surface area contributed by atoms with Gasteiger partial charge >= 0.3 is 5.97 Å². The third kappa shape index (κ3) is 3.46. The molecule has 0 aromatic carbocycles. The lowest BCUT2D eigenvalue weighted by atomic mass is 9.84. The van der Waals surface area contributed by atoms with E-state index in [1.54, 1.807) is 6.92 Å². The van der Waals surface area contributed by atoms with Gasteiger partial charge in [-0.05, 0) is 43.2 Å². The number of rotatable bonds is 6. The van der Waals surface area contributed by atoms with Crippen LogP contribution in [0.15, 0.2) is 10.3 Å². The molecule has 0 unspecified atom stereocenters. The minimum Gasteiger partial charge on any atom is -0.477 e. The van der Waals surface area contributed by atoms with Gasteiger partial charge in [0.1, 0.15) is 9.09 Å². The van der Waals surface area contributed by atoms with Gasteiger partial charge < -0.3 is 5.11 Å². The first-order chi connectivity index (χ1) is 9.80. The van der Waals surface area contributed by atoms with Crippen LogP contribution in [0.4, 0.5) is 0 Å². The van der Waals surface area contributed by atoms with E-state index >= 15 is 0 Å². The molecule has 0 spiro atoms. The summed E-state index contributed by atoms with van der Waals surface area (Å²) < 4.78 is 27.4. The second-order valence-electron chi connectivity index (χ2n) is 5.77.